The highest BCUT2D eigenvalue weighted by Crippen LogP contribution is 2.48. The minimum atomic E-state index is -4.39. The van der Waals surface area contributed by atoms with Crippen LogP contribution in [-0.4, -0.2) is 103 Å². The molecule has 1 aromatic heterocycles. The molecule has 17 heteroatoms. The van der Waals surface area contributed by atoms with Crippen LogP contribution in [0.15, 0.2) is 36.5 Å². The molecule has 288 valence electrons. The number of alkyl halides is 1. The zero-order valence-electron chi connectivity index (χ0n) is 30.1. The quantitative estimate of drug-likeness (QED) is 0.274. The number of carbonyl (C=O) groups excluding carboxylic acids is 3. The van der Waals surface area contributed by atoms with Crippen LogP contribution in [0.4, 0.5) is 9.18 Å². The van der Waals surface area contributed by atoms with E-state index in [1.807, 2.05) is 17.7 Å². The fraction of sp³-hybridized carbons (Fsp3) is 0.583. The lowest BCUT2D eigenvalue weighted by Crippen LogP contribution is -2.59. The highest BCUT2D eigenvalue weighted by atomic mass is 32.2. The first-order valence-electron chi connectivity index (χ1n) is 17.8. The summed E-state index contributed by atoms with van der Waals surface area (Å²) in [5.41, 5.74) is -1.68. The van der Waals surface area contributed by atoms with Gasteiger partial charge < -0.3 is 34.9 Å². The van der Waals surface area contributed by atoms with Crippen LogP contribution < -0.4 is 29.6 Å². The maximum absolute atomic E-state index is 14.4. The predicted octanol–water partition coefficient (Wildman–Crippen LogP) is 3.07. The molecule has 0 unspecified atom stereocenters. The van der Waals surface area contributed by atoms with Crippen molar-refractivity contribution in [1.29, 1.82) is 0 Å². The zero-order valence-corrected chi connectivity index (χ0v) is 30.9. The number of rotatable bonds is 9. The van der Waals surface area contributed by atoms with Crippen LogP contribution in [-0.2, 0) is 24.4 Å². The Labute approximate surface area is 307 Å². The first-order chi connectivity index (χ1) is 25.2. The number of pyridine rings is 1. The van der Waals surface area contributed by atoms with E-state index in [-0.39, 0.29) is 44.0 Å². The molecular formula is C36H46FN5O10S. The van der Waals surface area contributed by atoms with Gasteiger partial charge in [0.1, 0.15) is 35.1 Å². The summed E-state index contributed by atoms with van der Waals surface area (Å²) in [6, 6.07) is 2.77. The molecule has 3 fully saturated rings. The van der Waals surface area contributed by atoms with Gasteiger partial charge in [-0.15, -0.1) is 0 Å². The maximum atomic E-state index is 14.4. The Hall–Kier alpha value is -4.67. The second-order valence-electron chi connectivity index (χ2n) is 14.8. The molecule has 0 bridgehead atoms. The molecule has 1 aromatic carbocycles. The second-order valence-corrected chi connectivity index (χ2v) is 16.9. The molecule has 2 aliphatic heterocycles. The number of nitrogens with one attached hydrogen (secondary N) is 3. The molecular weight excluding hydrogens is 713 g/mol. The topological polar surface area (TPSA) is 203 Å². The van der Waals surface area contributed by atoms with Gasteiger partial charge in [0.05, 0.1) is 20.8 Å². The number of benzene rings is 1. The maximum Gasteiger partial charge on any atom is 0.405 e. The largest absolute Gasteiger partial charge is 0.493 e. The standard InChI is InChI=1S/C36H46FN5O10S/c1-20-7-5-6-8-23-17-36(23,33(45)41-53(48,49)35(19-37)10-11-35)40-30(43)26-15-24(18-42(26)32(44)29(21(2)13-20)39-34(46)47)52-31-25-16-28(51-4)27(50-3)14-22(25)9-12-38-31/h6,8-9,12,14,16,20-21,23-24,26,29,39H,5,7,10-11,13,15,17-19H2,1-4H3,(H,40,43)(H,41,45)(H,46,47)/b8-6-/t20-,21+,23+,24+,26-,29-,36+/m0/s1. The number of nitrogens with zero attached hydrogens (tertiary/aromatic N) is 2. The van der Waals surface area contributed by atoms with Crippen molar-refractivity contribution in [2.45, 2.75) is 87.3 Å². The summed E-state index contributed by atoms with van der Waals surface area (Å²) in [5.74, 6) is -2.19. The number of carboxylic acid groups (broad SMARTS) is 1. The number of hydrogen-bond acceptors (Lipinski definition) is 10. The fourth-order valence-electron chi connectivity index (χ4n) is 7.61. The van der Waals surface area contributed by atoms with Crippen molar-refractivity contribution in [1.82, 2.24) is 25.2 Å². The van der Waals surface area contributed by atoms with Gasteiger partial charge in [-0.25, -0.2) is 22.6 Å². The van der Waals surface area contributed by atoms with Crippen LogP contribution in [0, 0.1) is 17.8 Å². The zero-order chi connectivity index (χ0) is 38.3. The Morgan fingerprint density at radius 3 is 2.51 bits per heavy atom. The summed E-state index contributed by atoms with van der Waals surface area (Å²) in [5, 5.41) is 16.2. The Bertz CT molecular complexity index is 1920. The van der Waals surface area contributed by atoms with Gasteiger partial charge in [-0.3, -0.25) is 19.1 Å². The van der Waals surface area contributed by atoms with E-state index in [1.54, 1.807) is 31.2 Å². The molecule has 4 amide bonds. The summed E-state index contributed by atoms with van der Waals surface area (Å²) in [6.45, 7) is 2.51. The molecule has 2 aliphatic carbocycles. The van der Waals surface area contributed by atoms with E-state index < -0.39 is 80.8 Å². The van der Waals surface area contributed by atoms with Crippen molar-refractivity contribution in [3.05, 3.63) is 36.5 Å². The molecule has 0 radical (unpaired) electrons. The van der Waals surface area contributed by atoms with Crippen LogP contribution in [0.5, 0.6) is 17.4 Å². The van der Waals surface area contributed by atoms with Crippen molar-refractivity contribution in [3.8, 4) is 17.4 Å². The summed E-state index contributed by atoms with van der Waals surface area (Å²) in [6.07, 6.45) is 4.94. The molecule has 2 saturated carbocycles. The number of carbonyl (C=O) groups is 4. The van der Waals surface area contributed by atoms with E-state index in [0.717, 1.165) is 5.39 Å². The lowest BCUT2D eigenvalue weighted by Gasteiger charge is -2.32. The van der Waals surface area contributed by atoms with E-state index >= 15 is 0 Å². The van der Waals surface area contributed by atoms with E-state index in [0.29, 0.717) is 36.1 Å². The van der Waals surface area contributed by atoms with Crippen molar-refractivity contribution >= 4 is 44.6 Å². The Kier molecular flexibility index (Phi) is 10.5. The minimum Gasteiger partial charge on any atom is -0.493 e. The van der Waals surface area contributed by atoms with Crippen molar-refractivity contribution in [2.75, 3.05) is 27.4 Å². The average Bonchev–Trinajstić information content (AvgIpc) is 4.02. The Morgan fingerprint density at radius 2 is 1.85 bits per heavy atom. The smallest absolute Gasteiger partial charge is 0.405 e. The number of hydrogen-bond donors (Lipinski definition) is 4. The van der Waals surface area contributed by atoms with Gasteiger partial charge in [0.2, 0.25) is 27.7 Å². The number of fused-ring (bicyclic) bond motifs is 3. The molecule has 2 aromatic rings. The third kappa shape index (κ3) is 7.44. The molecule has 3 heterocycles. The van der Waals surface area contributed by atoms with Crippen LogP contribution in [0.3, 0.4) is 0 Å². The van der Waals surface area contributed by atoms with E-state index in [1.165, 1.54) is 25.3 Å². The molecule has 4 aliphatic rings. The predicted molar refractivity (Wildman–Crippen MR) is 190 cm³/mol. The van der Waals surface area contributed by atoms with Crippen LogP contribution in [0.2, 0.25) is 0 Å². The highest BCUT2D eigenvalue weighted by molar-refractivity contribution is 7.91. The first kappa shape index (κ1) is 38.1. The van der Waals surface area contributed by atoms with Gasteiger partial charge in [0.15, 0.2) is 11.5 Å². The van der Waals surface area contributed by atoms with Crippen LogP contribution in [0.25, 0.3) is 10.8 Å². The lowest BCUT2D eigenvalue weighted by molar-refractivity contribution is -0.142. The number of aromatic nitrogens is 1. The normalized spacial score (nSPS) is 30.4. The molecule has 15 nitrogen and oxygen atoms in total. The van der Waals surface area contributed by atoms with Gasteiger partial charge in [0.25, 0.3) is 5.91 Å². The highest BCUT2D eigenvalue weighted by Gasteiger charge is 2.64. The summed E-state index contributed by atoms with van der Waals surface area (Å²) in [4.78, 5) is 60.2. The summed E-state index contributed by atoms with van der Waals surface area (Å²) >= 11 is 0. The number of ether oxygens (including phenoxy) is 3. The molecule has 6 rings (SSSR count). The molecule has 1 saturated heterocycles. The van der Waals surface area contributed by atoms with Gasteiger partial charge in [-0.1, -0.05) is 26.0 Å². The van der Waals surface area contributed by atoms with E-state index in [4.69, 9.17) is 14.2 Å². The second kappa shape index (κ2) is 14.6. The average molecular weight is 760 g/mol. The minimum absolute atomic E-state index is 0.0605. The van der Waals surface area contributed by atoms with Crippen molar-refractivity contribution in [3.63, 3.8) is 0 Å². The molecule has 4 N–H and O–H groups in total. The summed E-state index contributed by atoms with van der Waals surface area (Å²) < 4.78 is 57.6. The van der Waals surface area contributed by atoms with E-state index in [2.05, 4.69) is 15.6 Å². The Balaban J connectivity index is 1.35. The SMILES string of the molecule is COc1cc2ccnc(O[C@@H]3C[C@H]4C(=O)N[C@]5(C(=O)NS(=O)(=O)C6(CF)CC6)C[C@H]5/C=C\CC[C@H](C)C[C@@H](C)[C@H](NC(=O)O)C(=O)N4C3)c2cc1OC. The lowest BCUT2D eigenvalue weighted by atomic mass is 9.88. The van der Waals surface area contributed by atoms with Gasteiger partial charge in [0, 0.05) is 23.9 Å². The van der Waals surface area contributed by atoms with Gasteiger partial charge in [-0.2, -0.15) is 0 Å². The molecule has 53 heavy (non-hydrogen) atoms. The van der Waals surface area contributed by atoms with Crippen LogP contribution >= 0.6 is 0 Å². The number of amides is 4. The Morgan fingerprint density at radius 1 is 1.13 bits per heavy atom. The van der Waals surface area contributed by atoms with Crippen molar-refractivity contribution in [2.24, 2.45) is 17.8 Å². The van der Waals surface area contributed by atoms with Gasteiger partial charge >= 0.3 is 6.09 Å². The fourth-order valence-corrected chi connectivity index (χ4v) is 9.03. The van der Waals surface area contributed by atoms with Gasteiger partial charge in [-0.05, 0) is 73.9 Å². The number of halogens is 1. The monoisotopic (exact) mass is 759 g/mol. The third-order valence-corrected chi connectivity index (χ3v) is 13.2. The number of allylic oxidation sites excluding steroid dienone is 1. The number of sulfonamides is 1. The first-order valence-corrected chi connectivity index (χ1v) is 19.2. The van der Waals surface area contributed by atoms with E-state index in [9.17, 15) is 37.1 Å². The molecule has 7 atom stereocenters. The summed E-state index contributed by atoms with van der Waals surface area (Å²) in [7, 11) is -1.39. The van der Waals surface area contributed by atoms with Crippen molar-refractivity contribution < 1.29 is 51.3 Å². The van der Waals surface area contributed by atoms with Crippen LogP contribution in [0.1, 0.15) is 58.8 Å². The number of methoxy groups -OCH3 is 2. The third-order valence-electron chi connectivity index (χ3n) is 11.1. The molecule has 0 spiro atoms.